The van der Waals surface area contributed by atoms with E-state index < -0.39 is 27.7 Å². The minimum atomic E-state index is -4.49. The van der Waals surface area contributed by atoms with Crippen LogP contribution < -0.4 is 0 Å². The SMILES string of the molecule is O=S(=O)(O)c1cnn(CC(F)(F)F)c1. The first-order valence-electron chi connectivity index (χ1n) is 3.25. The maximum atomic E-state index is 11.8. The van der Waals surface area contributed by atoms with Gasteiger partial charge in [0.15, 0.2) is 0 Å². The summed E-state index contributed by atoms with van der Waals surface area (Å²) in [6.07, 6.45) is -3.24. The molecule has 0 bridgehead atoms. The Hall–Kier alpha value is -1.09. The molecular formula is C5H5F3N2O3S. The molecule has 1 aromatic heterocycles. The molecule has 0 aliphatic heterocycles. The second-order valence-corrected chi connectivity index (χ2v) is 3.89. The van der Waals surface area contributed by atoms with Crippen molar-refractivity contribution < 1.29 is 26.1 Å². The Morgan fingerprint density at radius 1 is 1.50 bits per heavy atom. The highest BCUT2D eigenvalue weighted by Gasteiger charge is 2.29. The third-order valence-corrected chi connectivity index (χ3v) is 2.06. The van der Waals surface area contributed by atoms with E-state index in [4.69, 9.17) is 4.55 Å². The molecule has 0 aliphatic carbocycles. The van der Waals surface area contributed by atoms with Gasteiger partial charge in [0.1, 0.15) is 11.4 Å². The quantitative estimate of drug-likeness (QED) is 0.759. The molecule has 1 heterocycles. The van der Waals surface area contributed by atoms with Crippen LogP contribution in [0.5, 0.6) is 0 Å². The molecule has 0 aromatic carbocycles. The van der Waals surface area contributed by atoms with E-state index in [2.05, 4.69) is 5.10 Å². The fourth-order valence-corrected chi connectivity index (χ4v) is 1.18. The number of alkyl halides is 3. The van der Waals surface area contributed by atoms with Gasteiger partial charge in [0, 0.05) is 6.20 Å². The van der Waals surface area contributed by atoms with E-state index in [9.17, 15) is 21.6 Å². The van der Waals surface area contributed by atoms with Gasteiger partial charge in [-0.1, -0.05) is 0 Å². The van der Waals surface area contributed by atoms with E-state index in [1.165, 1.54) is 0 Å². The lowest BCUT2D eigenvalue weighted by molar-refractivity contribution is -0.142. The molecule has 14 heavy (non-hydrogen) atoms. The molecule has 1 rings (SSSR count). The predicted octanol–water partition coefficient (Wildman–Crippen LogP) is 0.692. The molecular weight excluding hydrogens is 225 g/mol. The molecule has 5 nitrogen and oxygen atoms in total. The van der Waals surface area contributed by atoms with Gasteiger partial charge in [-0.25, -0.2) is 0 Å². The van der Waals surface area contributed by atoms with Crippen molar-refractivity contribution in [2.24, 2.45) is 0 Å². The summed E-state index contributed by atoms with van der Waals surface area (Å²) < 4.78 is 65.0. The summed E-state index contributed by atoms with van der Waals surface area (Å²) >= 11 is 0. The number of rotatable bonds is 2. The molecule has 0 aliphatic rings. The van der Waals surface area contributed by atoms with Gasteiger partial charge in [-0.15, -0.1) is 0 Å². The molecule has 0 atom stereocenters. The summed E-state index contributed by atoms with van der Waals surface area (Å²) in [7, 11) is -4.49. The first kappa shape index (κ1) is 11.0. The molecule has 0 amide bonds. The summed E-state index contributed by atoms with van der Waals surface area (Å²) in [6.45, 7) is -1.40. The second-order valence-electron chi connectivity index (χ2n) is 2.46. The Kier molecular flexibility index (Phi) is 2.54. The van der Waals surface area contributed by atoms with Crippen LogP contribution >= 0.6 is 0 Å². The van der Waals surface area contributed by atoms with Gasteiger partial charge in [0.25, 0.3) is 10.1 Å². The molecule has 1 aromatic rings. The standard InChI is InChI=1S/C5H5F3N2O3S/c6-5(7,8)3-10-2-4(1-9-10)14(11,12)13/h1-2H,3H2,(H,11,12,13). The average Bonchev–Trinajstić information content (AvgIpc) is 2.29. The van der Waals surface area contributed by atoms with Crippen LogP contribution in [0.15, 0.2) is 17.3 Å². The van der Waals surface area contributed by atoms with Gasteiger partial charge in [-0.05, 0) is 0 Å². The number of aromatic nitrogens is 2. The Morgan fingerprint density at radius 2 is 2.07 bits per heavy atom. The largest absolute Gasteiger partial charge is 0.408 e. The van der Waals surface area contributed by atoms with Crippen molar-refractivity contribution >= 4 is 10.1 Å². The van der Waals surface area contributed by atoms with Crippen LogP contribution in [0.1, 0.15) is 0 Å². The zero-order valence-corrected chi connectivity index (χ0v) is 7.38. The van der Waals surface area contributed by atoms with E-state index in [-0.39, 0.29) is 0 Å². The van der Waals surface area contributed by atoms with Crippen LogP contribution in [-0.4, -0.2) is 28.9 Å². The maximum Gasteiger partial charge on any atom is 0.408 e. The highest BCUT2D eigenvalue weighted by atomic mass is 32.2. The lowest BCUT2D eigenvalue weighted by Crippen LogP contribution is -2.17. The average molecular weight is 230 g/mol. The van der Waals surface area contributed by atoms with Crippen molar-refractivity contribution in [2.45, 2.75) is 17.6 Å². The first-order valence-corrected chi connectivity index (χ1v) is 4.69. The van der Waals surface area contributed by atoms with Crippen molar-refractivity contribution in [3.63, 3.8) is 0 Å². The lowest BCUT2D eigenvalue weighted by Gasteiger charge is -2.04. The molecule has 0 radical (unpaired) electrons. The maximum absolute atomic E-state index is 11.8. The summed E-state index contributed by atoms with van der Waals surface area (Å²) in [5.74, 6) is 0. The Balaban J connectivity index is 2.90. The monoisotopic (exact) mass is 230 g/mol. The van der Waals surface area contributed by atoms with Crippen LogP contribution in [-0.2, 0) is 16.7 Å². The van der Waals surface area contributed by atoms with Gasteiger partial charge in [-0.3, -0.25) is 9.23 Å². The molecule has 1 N–H and O–H groups in total. The van der Waals surface area contributed by atoms with E-state index in [0.29, 0.717) is 17.1 Å². The minimum absolute atomic E-state index is 0.378. The van der Waals surface area contributed by atoms with Gasteiger partial charge in [0.2, 0.25) is 0 Å². The summed E-state index contributed by atoms with van der Waals surface area (Å²) in [5, 5.41) is 3.13. The third-order valence-electron chi connectivity index (χ3n) is 1.25. The Bertz CT molecular complexity index is 422. The molecule has 0 saturated heterocycles. The molecule has 0 spiro atoms. The third kappa shape index (κ3) is 3.00. The normalized spacial score (nSPS) is 13.1. The molecule has 80 valence electrons. The second kappa shape index (κ2) is 3.24. The lowest BCUT2D eigenvalue weighted by atomic mass is 10.6. The van der Waals surface area contributed by atoms with Crippen molar-refractivity contribution in [2.75, 3.05) is 0 Å². The number of hydrogen-bond donors (Lipinski definition) is 1. The zero-order valence-electron chi connectivity index (χ0n) is 6.56. The fraction of sp³-hybridized carbons (Fsp3) is 0.400. The highest BCUT2D eigenvalue weighted by molar-refractivity contribution is 7.85. The number of halogens is 3. The van der Waals surface area contributed by atoms with E-state index in [0.717, 1.165) is 0 Å². The number of hydrogen-bond acceptors (Lipinski definition) is 3. The van der Waals surface area contributed by atoms with Crippen LogP contribution in [0.25, 0.3) is 0 Å². The predicted molar refractivity (Wildman–Crippen MR) is 38.1 cm³/mol. The summed E-state index contributed by atoms with van der Waals surface area (Å²) in [6, 6.07) is 0. The van der Waals surface area contributed by atoms with E-state index in [1.54, 1.807) is 0 Å². The van der Waals surface area contributed by atoms with Crippen LogP contribution in [0, 0.1) is 0 Å². The molecule has 0 saturated carbocycles. The number of nitrogens with zero attached hydrogens (tertiary/aromatic N) is 2. The van der Waals surface area contributed by atoms with Gasteiger partial charge in [-0.2, -0.15) is 26.7 Å². The highest BCUT2D eigenvalue weighted by Crippen LogP contribution is 2.17. The van der Waals surface area contributed by atoms with E-state index in [1.807, 2.05) is 0 Å². The van der Waals surface area contributed by atoms with Crippen molar-refractivity contribution in [3.8, 4) is 0 Å². The van der Waals surface area contributed by atoms with Gasteiger partial charge >= 0.3 is 6.18 Å². The van der Waals surface area contributed by atoms with Gasteiger partial charge < -0.3 is 0 Å². The summed E-state index contributed by atoms with van der Waals surface area (Å²) in [5.41, 5.74) is 0. The smallest absolute Gasteiger partial charge is 0.282 e. The Labute approximate surface area is 76.9 Å². The van der Waals surface area contributed by atoms with Crippen molar-refractivity contribution in [3.05, 3.63) is 12.4 Å². The zero-order chi connectivity index (χ0) is 11.0. The Morgan fingerprint density at radius 3 is 2.43 bits per heavy atom. The van der Waals surface area contributed by atoms with Crippen molar-refractivity contribution in [1.82, 2.24) is 9.78 Å². The summed E-state index contributed by atoms with van der Waals surface area (Å²) in [4.78, 5) is -0.665. The van der Waals surface area contributed by atoms with Crippen LogP contribution in [0.4, 0.5) is 13.2 Å². The molecule has 0 unspecified atom stereocenters. The van der Waals surface area contributed by atoms with Crippen LogP contribution in [0.3, 0.4) is 0 Å². The van der Waals surface area contributed by atoms with Gasteiger partial charge in [0.05, 0.1) is 6.20 Å². The van der Waals surface area contributed by atoms with Crippen LogP contribution in [0.2, 0.25) is 0 Å². The van der Waals surface area contributed by atoms with Crippen molar-refractivity contribution in [1.29, 1.82) is 0 Å². The fourth-order valence-electron chi connectivity index (χ4n) is 0.748. The topological polar surface area (TPSA) is 72.2 Å². The first-order chi connectivity index (χ1) is 6.18. The van der Waals surface area contributed by atoms with E-state index >= 15 is 0 Å². The minimum Gasteiger partial charge on any atom is -0.282 e. The molecule has 9 heteroatoms. The molecule has 0 fully saturated rings.